The molecule has 29 heavy (non-hydrogen) atoms. The van der Waals surface area contributed by atoms with Crippen molar-refractivity contribution in [3.8, 4) is 22.6 Å². The lowest BCUT2D eigenvalue weighted by atomic mass is 10.1. The van der Waals surface area contributed by atoms with E-state index in [9.17, 15) is 9.59 Å². The van der Waals surface area contributed by atoms with Crippen LogP contribution in [-0.2, 0) is 9.63 Å². The number of nitrogens with zero attached hydrogens (tertiary/aromatic N) is 2. The molecule has 0 saturated heterocycles. The highest BCUT2D eigenvalue weighted by Crippen LogP contribution is 2.38. The van der Waals surface area contributed by atoms with Gasteiger partial charge in [-0.3, -0.25) is 14.4 Å². The number of pyridine rings is 1. The number of rotatable bonds is 5. The summed E-state index contributed by atoms with van der Waals surface area (Å²) in [5.41, 5.74) is 2.39. The number of nitrogens with one attached hydrogen (secondary N) is 1. The van der Waals surface area contributed by atoms with Gasteiger partial charge < -0.3 is 9.73 Å². The largest absolute Gasteiger partial charge is 0.455 e. The number of amides is 2. The zero-order chi connectivity index (χ0) is 21.1. The van der Waals surface area contributed by atoms with Gasteiger partial charge in [0.15, 0.2) is 0 Å². The van der Waals surface area contributed by atoms with Crippen molar-refractivity contribution in [1.82, 2.24) is 10.0 Å². The van der Waals surface area contributed by atoms with E-state index in [1.165, 1.54) is 21.1 Å². The van der Waals surface area contributed by atoms with E-state index in [1.54, 1.807) is 36.5 Å². The molecule has 0 spiro atoms. The molecule has 0 bridgehead atoms. The van der Waals surface area contributed by atoms with Gasteiger partial charge in [-0.15, -0.1) is 0 Å². The second-order valence-electron chi connectivity index (χ2n) is 6.38. The van der Waals surface area contributed by atoms with Gasteiger partial charge in [-0.05, 0) is 36.8 Å². The van der Waals surface area contributed by atoms with Crippen LogP contribution in [-0.4, -0.2) is 36.0 Å². The number of halogens is 1. The first-order chi connectivity index (χ1) is 13.8. The third-order valence-corrected chi connectivity index (χ3v) is 4.64. The highest BCUT2D eigenvalue weighted by molar-refractivity contribution is 6.33. The molecule has 0 aliphatic heterocycles. The highest BCUT2D eigenvalue weighted by atomic mass is 35.5. The molecular formula is C21H20ClN3O4. The Balaban J connectivity index is 2.18. The van der Waals surface area contributed by atoms with Crippen molar-refractivity contribution in [3.05, 3.63) is 58.7 Å². The van der Waals surface area contributed by atoms with Crippen molar-refractivity contribution in [2.45, 2.75) is 13.8 Å². The Morgan fingerprint density at radius 3 is 2.59 bits per heavy atom. The van der Waals surface area contributed by atoms with Crippen LogP contribution in [0.1, 0.15) is 22.8 Å². The molecule has 0 atom stereocenters. The van der Waals surface area contributed by atoms with Gasteiger partial charge in [0.2, 0.25) is 5.91 Å². The molecule has 0 fully saturated rings. The van der Waals surface area contributed by atoms with E-state index in [4.69, 9.17) is 20.9 Å². The molecule has 7 nitrogen and oxygen atoms in total. The SMILES string of the molecule is CON(C)C(=O)c1cc(-c2cc(NC(C)=O)ncc2C)oc1-c1ccccc1Cl. The Hall–Kier alpha value is -3.16. The Labute approximate surface area is 173 Å². The summed E-state index contributed by atoms with van der Waals surface area (Å²) in [6.45, 7) is 3.27. The van der Waals surface area contributed by atoms with Crippen molar-refractivity contribution in [1.29, 1.82) is 0 Å². The number of aryl methyl sites for hydroxylation is 1. The van der Waals surface area contributed by atoms with Crippen LogP contribution in [0.2, 0.25) is 5.02 Å². The highest BCUT2D eigenvalue weighted by Gasteiger charge is 2.25. The molecule has 2 amide bonds. The first-order valence-corrected chi connectivity index (χ1v) is 9.15. The number of anilines is 1. The predicted molar refractivity (Wildman–Crippen MR) is 111 cm³/mol. The van der Waals surface area contributed by atoms with E-state index in [1.807, 2.05) is 13.0 Å². The fourth-order valence-electron chi connectivity index (χ4n) is 2.82. The zero-order valence-electron chi connectivity index (χ0n) is 16.4. The summed E-state index contributed by atoms with van der Waals surface area (Å²) < 4.78 is 6.10. The summed E-state index contributed by atoms with van der Waals surface area (Å²) >= 11 is 6.34. The second kappa shape index (κ2) is 8.46. The molecule has 0 saturated carbocycles. The van der Waals surface area contributed by atoms with Crippen LogP contribution in [0.5, 0.6) is 0 Å². The van der Waals surface area contributed by atoms with E-state index < -0.39 is 0 Å². The molecule has 150 valence electrons. The molecule has 0 aliphatic rings. The maximum atomic E-state index is 12.9. The van der Waals surface area contributed by atoms with Crippen LogP contribution >= 0.6 is 11.6 Å². The lowest BCUT2D eigenvalue weighted by Gasteiger charge is -2.13. The van der Waals surface area contributed by atoms with E-state index >= 15 is 0 Å². The van der Waals surface area contributed by atoms with Gasteiger partial charge in [-0.2, -0.15) is 0 Å². The topological polar surface area (TPSA) is 84.7 Å². The number of hydrogen-bond donors (Lipinski definition) is 1. The minimum atomic E-state index is -0.383. The normalized spacial score (nSPS) is 10.7. The summed E-state index contributed by atoms with van der Waals surface area (Å²) in [7, 11) is 2.92. The van der Waals surface area contributed by atoms with Crippen molar-refractivity contribution < 1.29 is 18.8 Å². The fraction of sp³-hybridized carbons (Fsp3) is 0.190. The first kappa shape index (κ1) is 20.6. The van der Waals surface area contributed by atoms with Gasteiger partial charge in [0.25, 0.3) is 5.91 Å². The predicted octanol–water partition coefficient (Wildman–Crippen LogP) is 4.56. The summed E-state index contributed by atoms with van der Waals surface area (Å²) in [6, 6.07) is 10.4. The molecule has 0 unspecified atom stereocenters. The molecule has 3 rings (SSSR count). The molecule has 0 radical (unpaired) electrons. The Morgan fingerprint density at radius 2 is 1.93 bits per heavy atom. The van der Waals surface area contributed by atoms with Crippen molar-refractivity contribution in [2.24, 2.45) is 0 Å². The number of carbonyl (C=O) groups is 2. The van der Waals surface area contributed by atoms with E-state index in [-0.39, 0.29) is 11.8 Å². The van der Waals surface area contributed by atoms with Crippen LogP contribution in [0.25, 0.3) is 22.6 Å². The van der Waals surface area contributed by atoms with Crippen LogP contribution in [0, 0.1) is 6.92 Å². The lowest BCUT2D eigenvalue weighted by Crippen LogP contribution is -2.25. The van der Waals surface area contributed by atoms with Gasteiger partial charge in [0, 0.05) is 31.3 Å². The third-order valence-electron chi connectivity index (χ3n) is 4.31. The van der Waals surface area contributed by atoms with Gasteiger partial charge in [0.1, 0.15) is 17.3 Å². The summed E-state index contributed by atoms with van der Waals surface area (Å²) in [6.07, 6.45) is 1.63. The van der Waals surface area contributed by atoms with Crippen LogP contribution < -0.4 is 5.32 Å². The maximum Gasteiger partial charge on any atom is 0.281 e. The Bertz CT molecular complexity index is 1080. The second-order valence-corrected chi connectivity index (χ2v) is 6.79. The summed E-state index contributed by atoms with van der Waals surface area (Å²) in [5, 5.41) is 4.21. The standard InChI is InChI=1S/C21H20ClN3O4/c1-12-11-23-19(24-13(2)26)10-15(12)18-9-16(21(27)25(3)28-4)20(29-18)14-7-5-6-8-17(14)22/h5-11H,1-4H3,(H,23,24,26). The van der Waals surface area contributed by atoms with Gasteiger partial charge >= 0.3 is 0 Å². The summed E-state index contributed by atoms with van der Waals surface area (Å²) in [4.78, 5) is 33.5. The number of hydrogen-bond acceptors (Lipinski definition) is 5. The Morgan fingerprint density at radius 1 is 1.21 bits per heavy atom. The van der Waals surface area contributed by atoms with Crippen LogP contribution in [0.3, 0.4) is 0 Å². The molecule has 2 heterocycles. The monoisotopic (exact) mass is 413 g/mol. The molecule has 1 N–H and O–H groups in total. The first-order valence-electron chi connectivity index (χ1n) is 8.77. The van der Waals surface area contributed by atoms with Crippen molar-refractivity contribution in [3.63, 3.8) is 0 Å². The smallest absolute Gasteiger partial charge is 0.281 e. The molecule has 8 heteroatoms. The van der Waals surface area contributed by atoms with Gasteiger partial charge in [0.05, 0.1) is 17.7 Å². The van der Waals surface area contributed by atoms with Gasteiger partial charge in [-0.1, -0.05) is 23.7 Å². The number of hydroxylamine groups is 2. The Kier molecular flexibility index (Phi) is 6.00. The van der Waals surface area contributed by atoms with Crippen LogP contribution in [0.4, 0.5) is 5.82 Å². The molecule has 0 aliphatic carbocycles. The third kappa shape index (κ3) is 4.31. The van der Waals surface area contributed by atoms with Crippen molar-refractivity contribution in [2.75, 3.05) is 19.5 Å². The lowest BCUT2D eigenvalue weighted by molar-refractivity contribution is -0.114. The molecule has 2 aromatic heterocycles. The average molecular weight is 414 g/mol. The minimum absolute atomic E-state index is 0.235. The van der Waals surface area contributed by atoms with Gasteiger partial charge in [-0.25, -0.2) is 10.0 Å². The number of aromatic nitrogens is 1. The van der Waals surface area contributed by atoms with Crippen LogP contribution in [0.15, 0.2) is 47.0 Å². The minimum Gasteiger partial charge on any atom is -0.455 e. The number of furan rings is 1. The molecule has 1 aromatic carbocycles. The fourth-order valence-corrected chi connectivity index (χ4v) is 3.04. The number of carbonyl (C=O) groups excluding carboxylic acids is 2. The summed E-state index contributed by atoms with van der Waals surface area (Å²) in [5.74, 6) is 0.541. The maximum absolute atomic E-state index is 12.9. The zero-order valence-corrected chi connectivity index (χ0v) is 17.2. The van der Waals surface area contributed by atoms with Crippen molar-refractivity contribution >= 4 is 29.2 Å². The number of benzene rings is 1. The van der Waals surface area contributed by atoms with E-state index in [0.717, 1.165) is 10.6 Å². The quantitative estimate of drug-likeness (QED) is 0.619. The molecule has 3 aromatic rings. The van der Waals surface area contributed by atoms with E-state index in [2.05, 4.69) is 10.3 Å². The molecular weight excluding hydrogens is 394 g/mol. The average Bonchev–Trinajstić information content (AvgIpc) is 3.13. The van der Waals surface area contributed by atoms with E-state index in [0.29, 0.717) is 39.1 Å².